The molecule has 1 saturated heterocycles. The molecule has 0 amide bonds. The molecular formula is C22H23ClFN9O. The summed E-state index contributed by atoms with van der Waals surface area (Å²) in [7, 11) is 0. The molecule has 6 N–H and O–H groups in total. The molecule has 1 aliphatic rings. The molecule has 0 saturated carbocycles. The zero-order valence-corrected chi connectivity index (χ0v) is 18.8. The zero-order chi connectivity index (χ0) is 23.9. The number of nitrogens with one attached hydrogen (secondary N) is 2. The highest BCUT2D eigenvalue weighted by Crippen LogP contribution is 2.23. The predicted octanol–water partition coefficient (Wildman–Crippen LogP) is 3.22. The van der Waals surface area contributed by atoms with Crippen molar-refractivity contribution in [2.24, 2.45) is 21.5 Å². The quantitative estimate of drug-likeness (QED) is 0.320. The first-order valence-corrected chi connectivity index (χ1v) is 10.8. The second kappa shape index (κ2) is 10.8. The number of anilines is 4. The Morgan fingerprint density at radius 2 is 1.82 bits per heavy atom. The van der Waals surface area contributed by atoms with E-state index in [1.54, 1.807) is 30.3 Å². The maximum atomic E-state index is 14.6. The van der Waals surface area contributed by atoms with Crippen molar-refractivity contribution in [2.75, 3.05) is 41.8 Å². The van der Waals surface area contributed by atoms with E-state index < -0.39 is 5.82 Å². The first kappa shape index (κ1) is 23.2. The average molecular weight is 484 g/mol. The third kappa shape index (κ3) is 6.30. The molecule has 2 aromatic carbocycles. The van der Waals surface area contributed by atoms with Gasteiger partial charge in [0, 0.05) is 35.6 Å². The minimum absolute atomic E-state index is 0.118. The van der Waals surface area contributed by atoms with Gasteiger partial charge in [-0.25, -0.2) is 14.4 Å². The van der Waals surface area contributed by atoms with Gasteiger partial charge in [0.1, 0.15) is 18.0 Å². The Hall–Kier alpha value is -3.96. The Labute approximate surface area is 200 Å². The summed E-state index contributed by atoms with van der Waals surface area (Å²) in [6.07, 6.45) is 1.33. The predicted molar refractivity (Wildman–Crippen MR) is 133 cm³/mol. The van der Waals surface area contributed by atoms with Crippen molar-refractivity contribution < 1.29 is 9.13 Å². The zero-order valence-electron chi connectivity index (χ0n) is 18.1. The highest BCUT2D eigenvalue weighted by Gasteiger charge is 2.13. The fraction of sp³-hybridized carbons (Fsp3) is 0.182. The first-order chi connectivity index (χ1) is 16.5. The summed E-state index contributed by atoms with van der Waals surface area (Å²) in [5.74, 6) is 0.0219. The van der Waals surface area contributed by atoms with E-state index >= 15 is 0 Å². The van der Waals surface area contributed by atoms with Gasteiger partial charge in [0.15, 0.2) is 5.82 Å². The van der Waals surface area contributed by atoms with E-state index in [-0.39, 0.29) is 23.4 Å². The van der Waals surface area contributed by atoms with Crippen LogP contribution >= 0.6 is 11.6 Å². The molecule has 3 aromatic rings. The Morgan fingerprint density at radius 3 is 2.56 bits per heavy atom. The monoisotopic (exact) mass is 483 g/mol. The van der Waals surface area contributed by atoms with Gasteiger partial charge in [0.2, 0.25) is 11.9 Å². The maximum absolute atomic E-state index is 14.6. The van der Waals surface area contributed by atoms with Crippen LogP contribution in [0.15, 0.2) is 64.8 Å². The molecule has 176 valence electrons. The molecule has 0 bridgehead atoms. The molecular weight excluding hydrogens is 461 g/mol. The molecule has 1 fully saturated rings. The van der Waals surface area contributed by atoms with Crippen LogP contribution in [0.3, 0.4) is 0 Å². The second-order valence-electron chi connectivity index (χ2n) is 7.25. The van der Waals surface area contributed by atoms with Crippen LogP contribution in [0.2, 0.25) is 5.02 Å². The molecule has 2 heterocycles. The number of hydrogen-bond donors (Lipinski definition) is 4. The Bertz CT molecular complexity index is 1200. The molecule has 10 nitrogen and oxygen atoms in total. The Kier molecular flexibility index (Phi) is 7.35. The molecule has 0 spiro atoms. The van der Waals surface area contributed by atoms with Gasteiger partial charge in [-0.3, -0.25) is 0 Å². The summed E-state index contributed by atoms with van der Waals surface area (Å²) >= 11 is 5.90. The summed E-state index contributed by atoms with van der Waals surface area (Å²) in [4.78, 5) is 18.3. The van der Waals surface area contributed by atoms with Crippen molar-refractivity contribution in [1.82, 2.24) is 9.97 Å². The lowest BCUT2D eigenvalue weighted by atomic mass is 10.2. The minimum atomic E-state index is -0.466. The first-order valence-electron chi connectivity index (χ1n) is 10.4. The van der Waals surface area contributed by atoms with Gasteiger partial charge in [-0.1, -0.05) is 11.6 Å². The maximum Gasteiger partial charge on any atom is 0.225 e. The van der Waals surface area contributed by atoms with E-state index in [4.69, 9.17) is 27.8 Å². The number of aliphatic imine (C=N–C) groups is 2. The van der Waals surface area contributed by atoms with Crippen LogP contribution in [0.25, 0.3) is 0 Å². The largest absolute Gasteiger partial charge is 0.378 e. The fourth-order valence-corrected chi connectivity index (χ4v) is 3.34. The van der Waals surface area contributed by atoms with Crippen molar-refractivity contribution in [2.45, 2.75) is 0 Å². The number of aromatic nitrogens is 2. The molecule has 0 radical (unpaired) electrons. The van der Waals surface area contributed by atoms with Crippen LogP contribution in [-0.4, -0.2) is 48.2 Å². The second-order valence-corrected chi connectivity index (χ2v) is 7.69. The van der Waals surface area contributed by atoms with Gasteiger partial charge in [-0.05, 0) is 42.5 Å². The lowest BCUT2D eigenvalue weighted by Crippen LogP contribution is -2.36. The lowest BCUT2D eigenvalue weighted by molar-refractivity contribution is 0.122. The molecule has 0 aliphatic carbocycles. The molecule has 12 heteroatoms. The summed E-state index contributed by atoms with van der Waals surface area (Å²) in [5, 5.41) is 6.43. The number of halogens is 2. The van der Waals surface area contributed by atoms with Crippen molar-refractivity contribution in [3.05, 3.63) is 65.7 Å². The SMILES string of the molecule is NC(=Nc1cc(Nc2ccc(Cl)cc2)ncn1)/N=C(\N)Nc1ccc(N2CCOCC2)cc1F. The average Bonchev–Trinajstić information content (AvgIpc) is 2.82. The molecule has 1 aliphatic heterocycles. The third-order valence-electron chi connectivity index (χ3n) is 4.83. The van der Waals surface area contributed by atoms with Gasteiger partial charge in [0.25, 0.3) is 0 Å². The Morgan fingerprint density at radius 1 is 1.06 bits per heavy atom. The number of nitrogens with two attached hydrogens (primary N) is 2. The van der Waals surface area contributed by atoms with E-state index in [1.165, 1.54) is 12.4 Å². The van der Waals surface area contributed by atoms with Crippen molar-refractivity contribution >= 4 is 52.2 Å². The molecule has 4 rings (SSSR count). The van der Waals surface area contributed by atoms with Gasteiger partial charge in [0.05, 0.1) is 18.9 Å². The number of rotatable bonds is 5. The highest BCUT2D eigenvalue weighted by atomic mass is 35.5. The summed E-state index contributed by atoms with van der Waals surface area (Å²) < 4.78 is 19.9. The fourth-order valence-electron chi connectivity index (χ4n) is 3.21. The molecule has 34 heavy (non-hydrogen) atoms. The van der Waals surface area contributed by atoms with E-state index in [1.807, 2.05) is 12.1 Å². The number of hydrogen-bond acceptors (Lipinski definition) is 6. The van der Waals surface area contributed by atoms with Gasteiger partial charge in [-0.15, -0.1) is 0 Å². The molecule has 0 atom stereocenters. The summed E-state index contributed by atoms with van der Waals surface area (Å²) in [6.45, 7) is 2.65. The molecule has 0 unspecified atom stereocenters. The number of morpholine rings is 1. The third-order valence-corrected chi connectivity index (χ3v) is 5.08. The van der Waals surface area contributed by atoms with Crippen LogP contribution < -0.4 is 27.0 Å². The minimum Gasteiger partial charge on any atom is -0.378 e. The van der Waals surface area contributed by atoms with Crippen molar-refractivity contribution in [3.8, 4) is 0 Å². The molecule has 1 aromatic heterocycles. The number of ether oxygens (including phenoxy) is 1. The van der Waals surface area contributed by atoms with E-state index in [2.05, 4.69) is 35.5 Å². The van der Waals surface area contributed by atoms with Crippen molar-refractivity contribution in [1.29, 1.82) is 0 Å². The van der Waals surface area contributed by atoms with Crippen LogP contribution in [0.4, 0.5) is 33.1 Å². The van der Waals surface area contributed by atoms with Gasteiger partial charge >= 0.3 is 0 Å². The van der Waals surface area contributed by atoms with E-state index in [9.17, 15) is 4.39 Å². The van der Waals surface area contributed by atoms with E-state index in [0.29, 0.717) is 37.1 Å². The topological polar surface area (TPSA) is 139 Å². The van der Waals surface area contributed by atoms with E-state index in [0.717, 1.165) is 11.4 Å². The number of benzene rings is 2. The van der Waals surface area contributed by atoms with Crippen LogP contribution in [0, 0.1) is 5.82 Å². The lowest BCUT2D eigenvalue weighted by Gasteiger charge is -2.29. The van der Waals surface area contributed by atoms with Crippen LogP contribution in [-0.2, 0) is 4.74 Å². The van der Waals surface area contributed by atoms with Gasteiger partial charge in [-0.2, -0.15) is 9.98 Å². The Balaban J connectivity index is 1.41. The summed E-state index contributed by atoms with van der Waals surface area (Å²) in [6, 6.07) is 13.6. The number of nitrogens with zero attached hydrogens (tertiary/aromatic N) is 5. The smallest absolute Gasteiger partial charge is 0.225 e. The number of guanidine groups is 2. The standard InChI is InChI=1S/C22H23ClFN9O/c23-14-1-3-15(4-2-14)29-19-12-20(28-13-27-19)31-22(26)32-21(25)30-18-6-5-16(11-17(18)24)33-7-9-34-10-8-33/h1-6,11-13H,7-10H2,(H6,25,26,27,28,29,30,31,32). The summed E-state index contributed by atoms with van der Waals surface area (Å²) in [5.41, 5.74) is 13.5. The van der Waals surface area contributed by atoms with Crippen LogP contribution in [0.5, 0.6) is 0 Å². The highest BCUT2D eigenvalue weighted by molar-refractivity contribution is 6.30. The normalized spacial score (nSPS) is 14.7. The van der Waals surface area contributed by atoms with Gasteiger partial charge < -0.3 is 31.7 Å². The van der Waals surface area contributed by atoms with Crippen LogP contribution in [0.1, 0.15) is 0 Å². The van der Waals surface area contributed by atoms with Crippen molar-refractivity contribution in [3.63, 3.8) is 0 Å².